The van der Waals surface area contributed by atoms with Crippen molar-refractivity contribution in [3.8, 4) is 17.0 Å². The third-order valence-electron chi connectivity index (χ3n) is 4.60. The van der Waals surface area contributed by atoms with Crippen molar-refractivity contribution in [1.29, 1.82) is 0 Å². The van der Waals surface area contributed by atoms with Gasteiger partial charge in [0.2, 0.25) is 0 Å². The van der Waals surface area contributed by atoms with Crippen LogP contribution in [0.4, 0.5) is 5.69 Å². The number of phenols is 1. The molecule has 0 radical (unpaired) electrons. The molecule has 4 heteroatoms. The highest BCUT2D eigenvalue weighted by Gasteiger charge is 2.15. The Morgan fingerprint density at radius 2 is 1.83 bits per heavy atom. The molecule has 2 aromatic carbocycles. The van der Waals surface area contributed by atoms with Crippen LogP contribution in [-0.2, 0) is 0 Å². The van der Waals surface area contributed by atoms with E-state index in [1.54, 1.807) is 24.3 Å². The molecule has 1 aliphatic heterocycles. The summed E-state index contributed by atoms with van der Waals surface area (Å²) >= 11 is 0. The van der Waals surface area contributed by atoms with E-state index in [0.29, 0.717) is 16.8 Å². The first kappa shape index (κ1) is 14.7. The number of aromatic nitrogens is 1. The van der Waals surface area contributed by atoms with Gasteiger partial charge in [-0.05, 0) is 49.2 Å². The van der Waals surface area contributed by atoms with Crippen molar-refractivity contribution >= 4 is 22.9 Å². The number of benzene rings is 2. The van der Waals surface area contributed by atoms with Gasteiger partial charge in [-0.1, -0.05) is 12.1 Å². The third kappa shape index (κ3) is 2.50. The molecule has 4 nitrogen and oxygen atoms in total. The van der Waals surface area contributed by atoms with E-state index in [1.165, 1.54) is 12.8 Å². The molecule has 4 rings (SSSR count). The Labute approximate surface area is 140 Å². The van der Waals surface area contributed by atoms with Crippen molar-refractivity contribution in [2.45, 2.75) is 12.8 Å². The zero-order chi connectivity index (χ0) is 16.5. The van der Waals surface area contributed by atoms with E-state index in [1.807, 2.05) is 18.2 Å². The molecule has 3 aromatic rings. The molecular formula is C20H18N2O2. The van der Waals surface area contributed by atoms with E-state index in [9.17, 15) is 9.90 Å². The number of carbonyl (C=O) groups excluding carboxylic acids is 1. The molecule has 120 valence electrons. The number of aldehydes is 1. The molecule has 0 atom stereocenters. The minimum absolute atomic E-state index is 0.162. The lowest BCUT2D eigenvalue weighted by Gasteiger charge is -2.18. The number of pyridine rings is 1. The number of carbonyl (C=O) groups is 1. The highest BCUT2D eigenvalue weighted by atomic mass is 16.3. The molecule has 1 N–H and O–H groups in total. The number of phenolic OH excluding ortho intramolecular Hbond substituents is 1. The van der Waals surface area contributed by atoms with Gasteiger partial charge in [-0.3, -0.25) is 4.79 Å². The summed E-state index contributed by atoms with van der Waals surface area (Å²) in [5.74, 6) is 0.162. The summed E-state index contributed by atoms with van der Waals surface area (Å²) in [4.78, 5) is 18.6. The van der Waals surface area contributed by atoms with Gasteiger partial charge in [0.15, 0.2) is 6.29 Å². The van der Waals surface area contributed by atoms with Gasteiger partial charge in [0.05, 0.1) is 11.2 Å². The van der Waals surface area contributed by atoms with Crippen molar-refractivity contribution in [3.05, 3.63) is 54.1 Å². The third-order valence-corrected chi connectivity index (χ3v) is 4.60. The molecule has 0 aliphatic carbocycles. The number of hydrogen-bond acceptors (Lipinski definition) is 4. The summed E-state index contributed by atoms with van der Waals surface area (Å²) in [5, 5.41) is 10.9. The summed E-state index contributed by atoms with van der Waals surface area (Å²) in [6, 6.07) is 14.9. The normalized spacial score (nSPS) is 14.2. The minimum atomic E-state index is 0.162. The number of fused-ring (bicyclic) bond motifs is 1. The van der Waals surface area contributed by atoms with Gasteiger partial charge in [0.25, 0.3) is 0 Å². The molecule has 0 bridgehead atoms. The van der Waals surface area contributed by atoms with E-state index in [2.05, 4.69) is 16.0 Å². The second-order valence-electron chi connectivity index (χ2n) is 6.13. The second kappa shape index (κ2) is 5.96. The van der Waals surface area contributed by atoms with E-state index in [-0.39, 0.29) is 5.75 Å². The average Bonchev–Trinajstić information content (AvgIpc) is 3.15. The summed E-state index contributed by atoms with van der Waals surface area (Å²) < 4.78 is 0. The number of para-hydroxylation sites is 1. The summed E-state index contributed by atoms with van der Waals surface area (Å²) in [6.45, 7) is 2.12. The molecule has 24 heavy (non-hydrogen) atoms. The van der Waals surface area contributed by atoms with Crippen LogP contribution >= 0.6 is 0 Å². The Balaban J connectivity index is 1.87. The molecule has 1 saturated heterocycles. The van der Waals surface area contributed by atoms with E-state index >= 15 is 0 Å². The van der Waals surface area contributed by atoms with Crippen LogP contribution in [0.5, 0.6) is 5.75 Å². The Kier molecular flexibility index (Phi) is 3.65. The zero-order valence-electron chi connectivity index (χ0n) is 13.3. The summed E-state index contributed by atoms with van der Waals surface area (Å²) in [7, 11) is 0. The first-order valence-corrected chi connectivity index (χ1v) is 8.19. The first-order valence-electron chi connectivity index (χ1n) is 8.19. The Bertz CT molecular complexity index is 915. The van der Waals surface area contributed by atoms with Crippen molar-refractivity contribution in [2.24, 2.45) is 0 Å². The summed E-state index contributed by atoms with van der Waals surface area (Å²) in [5.41, 5.74) is 3.74. The fraction of sp³-hybridized carbons (Fsp3) is 0.200. The van der Waals surface area contributed by atoms with Crippen LogP contribution in [0.3, 0.4) is 0 Å². The topological polar surface area (TPSA) is 53.4 Å². The van der Waals surface area contributed by atoms with Gasteiger partial charge < -0.3 is 10.0 Å². The van der Waals surface area contributed by atoms with Crippen molar-refractivity contribution < 1.29 is 9.90 Å². The second-order valence-corrected chi connectivity index (χ2v) is 6.13. The Morgan fingerprint density at radius 1 is 1.04 bits per heavy atom. The van der Waals surface area contributed by atoms with Crippen LogP contribution in [0.15, 0.2) is 48.5 Å². The molecule has 0 amide bonds. The van der Waals surface area contributed by atoms with Crippen molar-refractivity contribution in [1.82, 2.24) is 4.98 Å². The van der Waals surface area contributed by atoms with Crippen LogP contribution in [0.1, 0.15) is 23.2 Å². The fourth-order valence-electron chi connectivity index (χ4n) is 3.34. The quantitative estimate of drug-likeness (QED) is 0.741. The van der Waals surface area contributed by atoms with Gasteiger partial charge in [0.1, 0.15) is 5.75 Å². The molecular weight excluding hydrogens is 300 g/mol. The standard InChI is InChI=1S/C20H18N2O2/c23-13-14-11-19(16-5-1-2-6-20(16)24)21-18-8-7-15(12-17(14)18)22-9-3-4-10-22/h1-2,5-8,11-13,24H,3-4,9-10H2. The zero-order valence-corrected chi connectivity index (χ0v) is 13.3. The average molecular weight is 318 g/mol. The lowest BCUT2D eigenvalue weighted by Crippen LogP contribution is -2.17. The highest BCUT2D eigenvalue weighted by molar-refractivity contribution is 5.99. The predicted octanol–water partition coefficient (Wildman–Crippen LogP) is 4.02. The van der Waals surface area contributed by atoms with Crippen LogP contribution in [0, 0.1) is 0 Å². The predicted molar refractivity (Wildman–Crippen MR) is 95.7 cm³/mol. The van der Waals surface area contributed by atoms with Crippen LogP contribution in [-0.4, -0.2) is 29.5 Å². The van der Waals surface area contributed by atoms with Crippen LogP contribution < -0.4 is 4.90 Å². The maximum Gasteiger partial charge on any atom is 0.150 e. The lowest BCUT2D eigenvalue weighted by atomic mass is 10.0. The van der Waals surface area contributed by atoms with Crippen molar-refractivity contribution in [3.63, 3.8) is 0 Å². The van der Waals surface area contributed by atoms with Crippen LogP contribution in [0.2, 0.25) is 0 Å². The largest absolute Gasteiger partial charge is 0.507 e. The number of aromatic hydroxyl groups is 1. The monoisotopic (exact) mass is 318 g/mol. The molecule has 1 fully saturated rings. The smallest absolute Gasteiger partial charge is 0.150 e. The number of nitrogens with zero attached hydrogens (tertiary/aromatic N) is 2. The number of anilines is 1. The molecule has 0 saturated carbocycles. The number of hydrogen-bond donors (Lipinski definition) is 1. The van der Waals surface area contributed by atoms with Gasteiger partial charge in [-0.25, -0.2) is 4.98 Å². The highest BCUT2D eigenvalue weighted by Crippen LogP contribution is 2.32. The van der Waals surface area contributed by atoms with Gasteiger partial charge in [-0.15, -0.1) is 0 Å². The van der Waals surface area contributed by atoms with Gasteiger partial charge in [-0.2, -0.15) is 0 Å². The summed E-state index contributed by atoms with van der Waals surface area (Å²) in [6.07, 6.45) is 3.29. The Morgan fingerprint density at radius 3 is 2.58 bits per heavy atom. The van der Waals surface area contributed by atoms with E-state index in [0.717, 1.165) is 36.0 Å². The maximum absolute atomic E-state index is 11.6. The minimum Gasteiger partial charge on any atom is -0.507 e. The molecule has 0 unspecified atom stereocenters. The molecule has 0 spiro atoms. The Hall–Kier alpha value is -2.88. The lowest BCUT2D eigenvalue weighted by molar-refractivity contribution is 0.112. The molecule has 2 heterocycles. The molecule has 1 aromatic heterocycles. The number of rotatable bonds is 3. The SMILES string of the molecule is O=Cc1cc(-c2ccccc2O)nc2ccc(N3CCCC3)cc12. The van der Waals surface area contributed by atoms with Gasteiger partial charge >= 0.3 is 0 Å². The van der Waals surface area contributed by atoms with E-state index in [4.69, 9.17) is 0 Å². The van der Waals surface area contributed by atoms with Crippen molar-refractivity contribution in [2.75, 3.05) is 18.0 Å². The fourth-order valence-corrected chi connectivity index (χ4v) is 3.34. The van der Waals surface area contributed by atoms with Crippen LogP contribution in [0.25, 0.3) is 22.2 Å². The first-order chi connectivity index (χ1) is 11.8. The maximum atomic E-state index is 11.6. The molecule has 1 aliphatic rings. The van der Waals surface area contributed by atoms with Gasteiger partial charge in [0, 0.05) is 35.3 Å². The van der Waals surface area contributed by atoms with E-state index < -0.39 is 0 Å².